The number of aromatic nitrogens is 2. The molecule has 4 rings (SSSR count). The average Bonchev–Trinajstić information content (AvgIpc) is 3.16. The van der Waals surface area contributed by atoms with Crippen LogP contribution < -0.4 is 0 Å². The highest BCUT2D eigenvalue weighted by molar-refractivity contribution is 6.36. The number of imidazole rings is 1. The fourth-order valence-electron chi connectivity index (χ4n) is 3.25. The Morgan fingerprint density at radius 3 is 2.31 bits per heavy atom. The maximum atomic E-state index is 8.94. The topological polar surface area (TPSA) is 41.6 Å². The normalized spacial score (nSPS) is 10.7. The molecule has 0 saturated carbocycles. The minimum atomic E-state index is 0.630. The maximum absolute atomic E-state index is 8.94. The zero-order valence-corrected chi connectivity index (χ0v) is 17.0. The predicted molar refractivity (Wildman–Crippen MR) is 117 cm³/mol. The summed E-state index contributed by atoms with van der Waals surface area (Å²) in [5, 5.41) is 10.2. The van der Waals surface area contributed by atoms with Gasteiger partial charge < -0.3 is 4.57 Å². The summed E-state index contributed by atoms with van der Waals surface area (Å²) in [6.45, 7) is 0.736. The van der Waals surface area contributed by atoms with Gasteiger partial charge in [0.05, 0.1) is 18.0 Å². The van der Waals surface area contributed by atoms with Crippen molar-refractivity contribution in [2.24, 2.45) is 0 Å². The summed E-state index contributed by atoms with van der Waals surface area (Å²) < 4.78 is 2.14. The fraction of sp³-hybridized carbons (Fsp3) is 0.0833. The van der Waals surface area contributed by atoms with Gasteiger partial charge in [-0.3, -0.25) is 0 Å². The average molecular weight is 418 g/mol. The molecule has 0 fully saturated rings. The van der Waals surface area contributed by atoms with Crippen LogP contribution in [0.2, 0.25) is 10.0 Å². The van der Waals surface area contributed by atoms with E-state index in [-0.39, 0.29) is 0 Å². The van der Waals surface area contributed by atoms with Gasteiger partial charge in [0.15, 0.2) is 0 Å². The molecule has 3 nitrogen and oxygen atoms in total. The fourth-order valence-corrected chi connectivity index (χ4v) is 3.77. The van der Waals surface area contributed by atoms with Gasteiger partial charge >= 0.3 is 0 Å². The highest BCUT2D eigenvalue weighted by Crippen LogP contribution is 2.30. The van der Waals surface area contributed by atoms with E-state index < -0.39 is 0 Å². The number of halogens is 2. The molecule has 0 N–H and O–H groups in total. The Bertz CT molecular complexity index is 1170. The summed E-state index contributed by atoms with van der Waals surface area (Å²) in [4.78, 5) is 4.31. The second-order valence-electron chi connectivity index (χ2n) is 6.82. The molecule has 29 heavy (non-hydrogen) atoms. The molecule has 5 heteroatoms. The lowest BCUT2D eigenvalue weighted by atomic mass is 10.0. The third-order valence-corrected chi connectivity index (χ3v) is 5.36. The van der Waals surface area contributed by atoms with E-state index in [2.05, 4.69) is 39.9 Å². The molecule has 1 aromatic heterocycles. The first-order valence-electron chi connectivity index (χ1n) is 9.15. The molecule has 0 aliphatic rings. The second kappa shape index (κ2) is 8.53. The van der Waals surface area contributed by atoms with Crippen molar-refractivity contribution in [2.45, 2.75) is 13.0 Å². The largest absolute Gasteiger partial charge is 0.330 e. The van der Waals surface area contributed by atoms with Crippen LogP contribution in [-0.4, -0.2) is 9.55 Å². The van der Waals surface area contributed by atoms with Gasteiger partial charge in [-0.15, -0.1) is 0 Å². The van der Waals surface area contributed by atoms with Crippen molar-refractivity contribution in [2.75, 3.05) is 0 Å². The first kappa shape index (κ1) is 19.3. The number of rotatable bonds is 5. The SMILES string of the molecule is N#Cc1ccc(Cc2cncn2Cc2ccc(-c3ccc(Cl)cc3Cl)cc2)cc1. The molecular formula is C24H17Cl2N3. The second-order valence-corrected chi connectivity index (χ2v) is 7.66. The Labute approximate surface area is 179 Å². The van der Waals surface area contributed by atoms with Gasteiger partial charge in [-0.25, -0.2) is 4.98 Å². The number of hydrogen-bond donors (Lipinski definition) is 0. The summed E-state index contributed by atoms with van der Waals surface area (Å²) in [7, 11) is 0. The minimum absolute atomic E-state index is 0.630. The zero-order valence-electron chi connectivity index (χ0n) is 15.5. The molecule has 0 bridgehead atoms. The van der Waals surface area contributed by atoms with E-state index in [1.54, 1.807) is 6.07 Å². The highest BCUT2D eigenvalue weighted by Gasteiger charge is 2.07. The van der Waals surface area contributed by atoms with Gasteiger partial charge in [-0.05, 0) is 41.0 Å². The molecule has 142 valence electrons. The van der Waals surface area contributed by atoms with Crippen LogP contribution in [0.15, 0.2) is 79.3 Å². The number of hydrogen-bond acceptors (Lipinski definition) is 2. The van der Waals surface area contributed by atoms with E-state index >= 15 is 0 Å². The first-order valence-corrected chi connectivity index (χ1v) is 9.90. The van der Waals surface area contributed by atoms with Crippen molar-refractivity contribution >= 4 is 23.2 Å². The molecule has 0 unspecified atom stereocenters. The molecule has 1 heterocycles. The van der Waals surface area contributed by atoms with Gasteiger partial charge in [0.25, 0.3) is 0 Å². The molecular weight excluding hydrogens is 401 g/mol. The van der Waals surface area contributed by atoms with E-state index in [9.17, 15) is 0 Å². The monoisotopic (exact) mass is 417 g/mol. The van der Waals surface area contributed by atoms with Crippen LogP contribution in [0, 0.1) is 11.3 Å². The van der Waals surface area contributed by atoms with E-state index in [0.29, 0.717) is 15.6 Å². The van der Waals surface area contributed by atoms with Crippen molar-refractivity contribution in [3.05, 3.63) is 112 Å². The van der Waals surface area contributed by atoms with Crippen LogP contribution in [-0.2, 0) is 13.0 Å². The molecule has 0 amide bonds. The Kier molecular flexibility index (Phi) is 5.67. The lowest BCUT2D eigenvalue weighted by Crippen LogP contribution is -2.04. The van der Waals surface area contributed by atoms with Gasteiger partial charge in [-0.2, -0.15) is 5.26 Å². The molecule has 0 atom stereocenters. The predicted octanol–water partition coefficient (Wildman–Crippen LogP) is 6.37. The molecule has 0 aliphatic heterocycles. The van der Waals surface area contributed by atoms with E-state index in [0.717, 1.165) is 35.3 Å². The Balaban J connectivity index is 1.50. The molecule has 0 spiro atoms. The van der Waals surface area contributed by atoms with Crippen molar-refractivity contribution in [3.63, 3.8) is 0 Å². The molecule has 4 aromatic rings. The van der Waals surface area contributed by atoms with Crippen molar-refractivity contribution in [1.29, 1.82) is 5.26 Å². The quantitative estimate of drug-likeness (QED) is 0.378. The number of nitrogens with zero attached hydrogens (tertiary/aromatic N) is 3. The van der Waals surface area contributed by atoms with Crippen LogP contribution >= 0.6 is 23.2 Å². The molecule has 0 aliphatic carbocycles. The summed E-state index contributed by atoms with van der Waals surface area (Å²) >= 11 is 12.3. The minimum Gasteiger partial charge on any atom is -0.330 e. The Morgan fingerprint density at radius 2 is 1.62 bits per heavy atom. The van der Waals surface area contributed by atoms with Gasteiger partial charge in [0.2, 0.25) is 0 Å². The van der Waals surface area contributed by atoms with E-state index in [1.165, 1.54) is 5.56 Å². The van der Waals surface area contributed by atoms with Crippen LogP contribution in [0.5, 0.6) is 0 Å². The summed E-state index contributed by atoms with van der Waals surface area (Å²) in [5.41, 5.74) is 6.14. The Morgan fingerprint density at radius 1 is 0.897 bits per heavy atom. The molecule has 0 radical (unpaired) electrons. The lowest BCUT2D eigenvalue weighted by molar-refractivity contribution is 0.753. The van der Waals surface area contributed by atoms with Crippen LogP contribution in [0.25, 0.3) is 11.1 Å². The van der Waals surface area contributed by atoms with Gasteiger partial charge in [0.1, 0.15) is 0 Å². The van der Waals surface area contributed by atoms with Crippen molar-refractivity contribution in [1.82, 2.24) is 9.55 Å². The van der Waals surface area contributed by atoms with Crippen LogP contribution in [0.4, 0.5) is 0 Å². The lowest BCUT2D eigenvalue weighted by Gasteiger charge is -2.10. The third kappa shape index (κ3) is 4.51. The standard InChI is InChI=1S/C24H17Cl2N3/c25-21-9-10-23(24(26)12-21)20-7-5-19(6-8-20)15-29-16-28-14-22(29)11-17-1-3-18(13-27)4-2-17/h1-10,12,14,16H,11,15H2. The highest BCUT2D eigenvalue weighted by atomic mass is 35.5. The van der Waals surface area contributed by atoms with E-state index in [1.807, 2.05) is 48.9 Å². The van der Waals surface area contributed by atoms with Crippen molar-refractivity contribution in [3.8, 4) is 17.2 Å². The zero-order chi connectivity index (χ0) is 20.2. The molecule has 0 saturated heterocycles. The van der Waals surface area contributed by atoms with Crippen LogP contribution in [0.1, 0.15) is 22.4 Å². The molecule has 3 aromatic carbocycles. The number of benzene rings is 3. The summed E-state index contributed by atoms with van der Waals surface area (Å²) in [6, 6.07) is 23.7. The number of nitriles is 1. The van der Waals surface area contributed by atoms with Crippen LogP contribution in [0.3, 0.4) is 0 Å². The smallest absolute Gasteiger partial charge is 0.0991 e. The third-order valence-electron chi connectivity index (χ3n) is 4.82. The van der Waals surface area contributed by atoms with Gasteiger partial charge in [0, 0.05) is 40.5 Å². The Hall–Kier alpha value is -3.06. The maximum Gasteiger partial charge on any atom is 0.0991 e. The van der Waals surface area contributed by atoms with Gasteiger partial charge in [-0.1, -0.05) is 65.7 Å². The van der Waals surface area contributed by atoms with E-state index in [4.69, 9.17) is 28.5 Å². The summed E-state index contributed by atoms with van der Waals surface area (Å²) in [6.07, 6.45) is 4.51. The van der Waals surface area contributed by atoms with Crippen molar-refractivity contribution < 1.29 is 0 Å². The first-order chi connectivity index (χ1) is 14.1. The summed E-state index contributed by atoms with van der Waals surface area (Å²) in [5.74, 6) is 0.